The molecule has 1 rings (SSSR count). The number of hydrogen-bond acceptors (Lipinski definition) is 4. The highest BCUT2D eigenvalue weighted by atomic mass is 35.5. The zero-order valence-electron chi connectivity index (χ0n) is 10.1. The second kappa shape index (κ2) is 6.62. The van der Waals surface area contributed by atoms with E-state index in [9.17, 15) is 4.79 Å². The highest BCUT2D eigenvalue weighted by Gasteiger charge is 2.08. The molecule has 0 aromatic carbocycles. The Kier molecular flexibility index (Phi) is 5.15. The first-order chi connectivity index (χ1) is 8.58. The molecule has 6 heteroatoms. The number of halogens is 1. The Labute approximate surface area is 110 Å². The van der Waals surface area contributed by atoms with Crippen molar-refractivity contribution < 1.29 is 9.53 Å². The van der Waals surface area contributed by atoms with Crippen LogP contribution in [0.2, 0.25) is 5.02 Å². The van der Waals surface area contributed by atoms with Crippen LogP contribution in [0.15, 0.2) is 35.1 Å². The van der Waals surface area contributed by atoms with Crippen molar-refractivity contribution in [1.29, 1.82) is 5.26 Å². The fourth-order valence-corrected chi connectivity index (χ4v) is 1.38. The zero-order valence-corrected chi connectivity index (χ0v) is 10.8. The predicted molar refractivity (Wildman–Crippen MR) is 66.3 cm³/mol. The molecule has 0 atom stereocenters. The van der Waals surface area contributed by atoms with Gasteiger partial charge in [0.1, 0.15) is 11.6 Å². The third-order valence-electron chi connectivity index (χ3n) is 2.01. The summed E-state index contributed by atoms with van der Waals surface area (Å²) in [6, 6.07) is 5.10. The van der Waals surface area contributed by atoms with Crippen LogP contribution in [0, 0.1) is 11.3 Å². The second-order valence-corrected chi connectivity index (χ2v) is 3.76. The summed E-state index contributed by atoms with van der Waals surface area (Å²) in [5.74, 6) is -0.680. The Bertz CT molecular complexity index is 582. The van der Waals surface area contributed by atoms with Crippen LogP contribution in [-0.4, -0.2) is 17.1 Å². The number of carbonyl (C=O) groups is 1. The third-order valence-corrected chi connectivity index (χ3v) is 2.24. The molecule has 0 amide bonds. The summed E-state index contributed by atoms with van der Waals surface area (Å²) < 4.78 is 6.39. The van der Waals surface area contributed by atoms with E-state index in [2.05, 4.69) is 4.99 Å². The van der Waals surface area contributed by atoms with Gasteiger partial charge in [0.15, 0.2) is 5.57 Å². The smallest absolute Gasteiger partial charge is 0.350 e. The molecule has 94 valence electrons. The highest BCUT2D eigenvalue weighted by molar-refractivity contribution is 6.30. The van der Waals surface area contributed by atoms with Crippen molar-refractivity contribution >= 4 is 17.6 Å². The first kappa shape index (κ1) is 14.0. The molecule has 1 aromatic heterocycles. The van der Waals surface area contributed by atoms with Gasteiger partial charge in [0, 0.05) is 13.2 Å². The largest absolute Gasteiger partial charge is 0.462 e. The Morgan fingerprint density at radius 3 is 2.94 bits per heavy atom. The molecule has 0 fully saturated rings. The van der Waals surface area contributed by atoms with Gasteiger partial charge >= 0.3 is 5.97 Å². The Morgan fingerprint density at radius 2 is 2.39 bits per heavy atom. The summed E-state index contributed by atoms with van der Waals surface area (Å²) in [6.45, 7) is 1.88. The zero-order chi connectivity index (χ0) is 13.5. The van der Waals surface area contributed by atoms with Gasteiger partial charge in [-0.05, 0) is 19.1 Å². The fourth-order valence-electron chi connectivity index (χ4n) is 1.17. The van der Waals surface area contributed by atoms with Crippen LogP contribution < -0.4 is 5.49 Å². The molecule has 1 aromatic rings. The Balaban J connectivity index is 3.09. The number of hydrogen-bond donors (Lipinski definition) is 0. The number of ether oxygens (including phenoxy) is 1. The van der Waals surface area contributed by atoms with Crippen LogP contribution in [0.4, 0.5) is 0 Å². The number of aromatic nitrogens is 1. The van der Waals surface area contributed by atoms with Crippen LogP contribution in [0.5, 0.6) is 0 Å². The van der Waals surface area contributed by atoms with Gasteiger partial charge < -0.3 is 9.30 Å². The van der Waals surface area contributed by atoms with E-state index in [1.807, 2.05) is 0 Å². The quantitative estimate of drug-likeness (QED) is 0.473. The van der Waals surface area contributed by atoms with Crippen LogP contribution in [-0.2, 0) is 16.6 Å². The molecule has 5 nitrogen and oxygen atoms in total. The van der Waals surface area contributed by atoms with Gasteiger partial charge in [-0.1, -0.05) is 11.6 Å². The lowest BCUT2D eigenvalue weighted by atomic mass is 10.3. The van der Waals surface area contributed by atoms with Crippen LogP contribution >= 0.6 is 11.6 Å². The summed E-state index contributed by atoms with van der Waals surface area (Å²) in [4.78, 5) is 15.4. The maximum atomic E-state index is 11.3. The third kappa shape index (κ3) is 3.75. The average Bonchev–Trinajstić information content (AvgIpc) is 2.32. The van der Waals surface area contributed by atoms with E-state index in [0.717, 1.165) is 0 Å². The van der Waals surface area contributed by atoms with E-state index < -0.39 is 5.97 Å². The number of nitrogens with zero attached hydrogens (tertiary/aromatic N) is 3. The Hall–Kier alpha value is -2.06. The molecular weight excluding hydrogens is 254 g/mol. The van der Waals surface area contributed by atoms with Crippen molar-refractivity contribution in [2.45, 2.75) is 6.92 Å². The molecular formula is C12H12ClN3O2. The summed E-state index contributed by atoms with van der Waals surface area (Å²) in [6.07, 6.45) is 2.85. The monoisotopic (exact) mass is 265 g/mol. The van der Waals surface area contributed by atoms with Crippen molar-refractivity contribution in [3.63, 3.8) is 0 Å². The fraction of sp³-hybridized carbons (Fsp3) is 0.250. The molecule has 0 unspecified atom stereocenters. The lowest BCUT2D eigenvalue weighted by Gasteiger charge is -1.99. The van der Waals surface area contributed by atoms with Gasteiger partial charge in [0.05, 0.1) is 17.8 Å². The van der Waals surface area contributed by atoms with E-state index >= 15 is 0 Å². The molecule has 0 saturated carbocycles. The van der Waals surface area contributed by atoms with Gasteiger partial charge in [-0.25, -0.2) is 9.79 Å². The molecule has 0 N–H and O–H groups in total. The van der Waals surface area contributed by atoms with Gasteiger partial charge in [-0.15, -0.1) is 0 Å². The van der Waals surface area contributed by atoms with Gasteiger partial charge in [0.25, 0.3) is 0 Å². The summed E-state index contributed by atoms with van der Waals surface area (Å²) >= 11 is 5.79. The van der Waals surface area contributed by atoms with Gasteiger partial charge in [-0.3, -0.25) is 0 Å². The molecule has 0 aliphatic rings. The number of rotatable bonds is 3. The molecule has 1 heterocycles. The first-order valence-corrected chi connectivity index (χ1v) is 5.59. The minimum absolute atomic E-state index is 0.146. The molecule has 0 aliphatic heterocycles. The lowest BCUT2D eigenvalue weighted by molar-refractivity contribution is -0.138. The van der Waals surface area contributed by atoms with E-state index in [4.69, 9.17) is 21.6 Å². The number of esters is 1. The molecule has 0 bridgehead atoms. The van der Waals surface area contributed by atoms with Gasteiger partial charge in [0.2, 0.25) is 0 Å². The van der Waals surface area contributed by atoms with Crippen molar-refractivity contribution in [2.75, 3.05) is 6.61 Å². The summed E-state index contributed by atoms with van der Waals surface area (Å²) in [7, 11) is 1.76. The van der Waals surface area contributed by atoms with Crippen molar-refractivity contribution in [1.82, 2.24) is 4.57 Å². The number of aryl methyl sites for hydroxylation is 1. The molecule has 0 spiro atoms. The molecule has 0 radical (unpaired) electrons. The van der Waals surface area contributed by atoms with E-state index in [1.54, 1.807) is 42.9 Å². The van der Waals surface area contributed by atoms with Gasteiger partial charge in [-0.2, -0.15) is 5.26 Å². The Morgan fingerprint density at radius 1 is 1.67 bits per heavy atom. The number of pyridine rings is 1. The first-order valence-electron chi connectivity index (χ1n) is 5.22. The minimum atomic E-state index is -0.680. The van der Waals surface area contributed by atoms with Crippen molar-refractivity contribution in [3.05, 3.63) is 40.6 Å². The van der Waals surface area contributed by atoms with Crippen molar-refractivity contribution in [2.24, 2.45) is 12.0 Å². The molecule has 0 aliphatic carbocycles. The lowest BCUT2D eigenvalue weighted by Crippen LogP contribution is -2.16. The van der Waals surface area contributed by atoms with Crippen LogP contribution in [0.3, 0.4) is 0 Å². The minimum Gasteiger partial charge on any atom is -0.462 e. The van der Waals surface area contributed by atoms with Crippen LogP contribution in [0.25, 0.3) is 0 Å². The summed E-state index contributed by atoms with van der Waals surface area (Å²) in [5, 5.41) is 9.38. The predicted octanol–water partition coefficient (Wildman–Crippen LogP) is 1.55. The average molecular weight is 266 g/mol. The maximum Gasteiger partial charge on any atom is 0.350 e. The maximum absolute atomic E-state index is 11.3. The van der Waals surface area contributed by atoms with E-state index in [-0.39, 0.29) is 12.2 Å². The number of nitriles is 1. The van der Waals surface area contributed by atoms with E-state index in [1.165, 1.54) is 6.20 Å². The highest BCUT2D eigenvalue weighted by Crippen LogP contribution is 2.02. The number of carbonyl (C=O) groups excluding carboxylic acids is 1. The second-order valence-electron chi connectivity index (χ2n) is 3.32. The molecule has 0 saturated heterocycles. The topological polar surface area (TPSA) is 67.4 Å². The standard InChI is InChI=1S/C12H12ClN3O2/c1-3-18-12(17)9(6-14)7-15-11-5-4-10(13)8-16(11)2/h4-5,7-8H,3H2,1-2H3. The SMILES string of the molecule is CCOC(=O)C(C#N)=CN=c1ccc(Cl)cn1C. The van der Waals surface area contributed by atoms with Crippen molar-refractivity contribution in [3.8, 4) is 6.07 Å². The van der Waals surface area contributed by atoms with E-state index in [0.29, 0.717) is 10.5 Å². The molecule has 18 heavy (non-hydrogen) atoms. The normalized spacial score (nSPS) is 12.1. The van der Waals surface area contributed by atoms with Crippen LogP contribution in [0.1, 0.15) is 6.92 Å². The summed E-state index contributed by atoms with van der Waals surface area (Å²) in [5.41, 5.74) is 0.420.